The number of rotatable bonds is 18. The molecule has 0 radical (unpaired) electrons. The van der Waals surface area contributed by atoms with Crippen LogP contribution in [0.1, 0.15) is 98.9 Å². The summed E-state index contributed by atoms with van der Waals surface area (Å²) in [4.78, 5) is 61.9. The van der Waals surface area contributed by atoms with Crippen LogP contribution >= 0.6 is 23.0 Å². The molecule has 6 aromatic rings. The summed E-state index contributed by atoms with van der Waals surface area (Å²) in [6.07, 6.45) is 0. The maximum atomic E-state index is 12.4. The average Bonchev–Trinajstić information content (AvgIpc) is 3.27. The Morgan fingerprint density at radius 3 is 0.591 bits per heavy atom. The number of carbonyl (C=O) groups excluding carboxylic acids is 5. The molecule has 1 atom stereocenters. The highest BCUT2D eigenvalue weighted by atomic mass is 31.3. The van der Waals surface area contributed by atoms with Gasteiger partial charge in [-0.1, -0.05) is 37.8 Å². The van der Waals surface area contributed by atoms with E-state index in [-0.39, 0.29) is 63.4 Å². The van der Waals surface area contributed by atoms with E-state index < -0.39 is 23.0 Å². The van der Waals surface area contributed by atoms with E-state index in [0.717, 1.165) is 11.1 Å². The molecule has 6 aromatic carbocycles. The molecule has 0 bridgehead atoms. The van der Waals surface area contributed by atoms with Gasteiger partial charge >= 0.3 is 23.0 Å². The van der Waals surface area contributed by atoms with Crippen LogP contribution in [-0.4, -0.2) is 28.9 Å². The van der Waals surface area contributed by atoms with Crippen molar-refractivity contribution in [3.8, 4) is 34.5 Å². The van der Waals surface area contributed by atoms with Gasteiger partial charge in [0.25, 0.3) is 0 Å². The van der Waals surface area contributed by atoms with Gasteiger partial charge in [0.05, 0.1) is 0 Å². The summed E-state index contributed by atoms with van der Waals surface area (Å²) in [7, 11) is -13.2. The molecule has 1 unspecified atom stereocenters. The van der Waals surface area contributed by atoms with E-state index in [9.17, 15) is 24.0 Å². The van der Waals surface area contributed by atoms with E-state index in [0.29, 0.717) is 27.8 Å². The van der Waals surface area contributed by atoms with Gasteiger partial charge in [-0.05, 0) is 181 Å². The van der Waals surface area contributed by atoms with Gasteiger partial charge in [-0.2, -0.15) is 0 Å². The van der Waals surface area contributed by atoms with Crippen molar-refractivity contribution < 1.29 is 51.1 Å². The van der Waals surface area contributed by atoms with Gasteiger partial charge in [-0.3, -0.25) is 24.0 Å². The SMILES string of the molecule is C=C(C)c1ccc(OP2(Oc3ccc(C(C)=O)cc3)=NP(Oc3ccc(C(C)=O)cc3)(Oc3ccc(C(C)=O)cc3)=NP(Oc3ccc(C(C)=O)cc3)(Oc3ccc(C(C)=O)cc3)=N2)cc1. The zero-order chi connectivity index (χ0) is 47.2. The molecule has 1 aliphatic heterocycles. The quantitative estimate of drug-likeness (QED) is 0.0591. The van der Waals surface area contributed by atoms with E-state index in [1.165, 1.54) is 34.6 Å². The zero-order valence-corrected chi connectivity index (χ0v) is 39.4. The molecule has 0 saturated carbocycles. The molecular weight excluding hydrogens is 899 g/mol. The Hall–Kier alpha value is -7.10. The largest absolute Gasteiger partial charge is 0.460 e. The van der Waals surface area contributed by atoms with Gasteiger partial charge < -0.3 is 27.1 Å². The lowest BCUT2D eigenvalue weighted by molar-refractivity contribution is 0.100. The zero-order valence-electron chi connectivity index (χ0n) is 36.7. The van der Waals surface area contributed by atoms with Gasteiger partial charge in [-0.15, -0.1) is 0 Å². The molecule has 0 fully saturated rings. The number of Topliss-reactive ketones (excluding diaryl/α,β-unsaturated/α-hetero) is 5. The third-order valence-electron chi connectivity index (χ3n) is 9.68. The van der Waals surface area contributed by atoms with E-state index in [1.54, 1.807) is 146 Å². The topological polar surface area (TPSA) is 178 Å². The van der Waals surface area contributed by atoms with Crippen molar-refractivity contribution in [3.05, 3.63) is 186 Å². The lowest BCUT2D eigenvalue weighted by atomic mass is 10.1. The number of hydrogen-bond acceptors (Lipinski definition) is 14. The van der Waals surface area contributed by atoms with Crippen LogP contribution < -0.4 is 27.1 Å². The normalized spacial score (nSPS) is 15.5. The van der Waals surface area contributed by atoms with E-state index in [2.05, 4.69) is 6.58 Å². The second-order valence-electron chi connectivity index (χ2n) is 15.0. The fourth-order valence-electron chi connectivity index (χ4n) is 6.13. The molecule has 0 saturated heterocycles. The Labute approximate surface area is 382 Å². The van der Waals surface area contributed by atoms with Crippen molar-refractivity contribution in [2.24, 2.45) is 13.5 Å². The molecule has 0 aromatic heterocycles. The molecule has 14 nitrogen and oxygen atoms in total. The van der Waals surface area contributed by atoms with Gasteiger partial charge in [0.1, 0.15) is 34.5 Å². The molecule has 1 heterocycles. The fraction of sp³-hybridized carbons (Fsp3) is 0.122. The van der Waals surface area contributed by atoms with Gasteiger partial charge in [-0.25, -0.2) is 0 Å². The molecule has 66 heavy (non-hydrogen) atoms. The molecule has 1 aliphatic rings. The van der Waals surface area contributed by atoms with Crippen molar-refractivity contribution in [1.29, 1.82) is 0 Å². The van der Waals surface area contributed by atoms with Crippen molar-refractivity contribution in [3.63, 3.8) is 0 Å². The van der Waals surface area contributed by atoms with Crippen LogP contribution in [0.15, 0.2) is 166 Å². The monoisotopic (exact) mass is 943 g/mol. The predicted molar refractivity (Wildman–Crippen MR) is 255 cm³/mol. The first-order valence-electron chi connectivity index (χ1n) is 20.3. The highest BCUT2D eigenvalue weighted by molar-refractivity contribution is 7.79. The Morgan fingerprint density at radius 2 is 0.455 bits per heavy atom. The average molecular weight is 944 g/mol. The molecular formula is C49H44N3O11P3. The summed E-state index contributed by atoms with van der Waals surface area (Å²) >= 11 is 0. The van der Waals surface area contributed by atoms with Gasteiger partial charge in [0.2, 0.25) is 0 Å². The predicted octanol–water partition coefficient (Wildman–Crippen LogP) is 14.4. The van der Waals surface area contributed by atoms with Crippen LogP contribution in [0.25, 0.3) is 5.57 Å². The Morgan fingerprint density at radius 1 is 0.303 bits per heavy atom. The number of carbonyl (C=O) groups is 5. The first kappa shape index (κ1) is 46.9. The second-order valence-corrected chi connectivity index (χ2v) is 21.2. The summed E-state index contributed by atoms with van der Waals surface area (Å²) in [5.74, 6) is 0.143. The first-order valence-corrected chi connectivity index (χ1v) is 24.9. The third kappa shape index (κ3) is 11.4. The van der Waals surface area contributed by atoms with Crippen molar-refractivity contribution in [1.82, 2.24) is 0 Å². The second kappa shape index (κ2) is 19.6. The van der Waals surface area contributed by atoms with E-state index >= 15 is 0 Å². The third-order valence-corrected chi connectivity index (χ3v) is 17.8. The maximum Gasteiger partial charge on any atom is 0.460 e. The lowest BCUT2D eigenvalue weighted by Gasteiger charge is -2.33. The maximum absolute atomic E-state index is 12.4. The summed E-state index contributed by atoms with van der Waals surface area (Å²) in [6, 6.07) is 38.3. The van der Waals surface area contributed by atoms with Crippen molar-refractivity contribution in [2.75, 3.05) is 0 Å². The highest BCUT2D eigenvalue weighted by Crippen LogP contribution is 2.78. The van der Waals surface area contributed by atoms with Crippen molar-refractivity contribution in [2.45, 2.75) is 41.5 Å². The molecule has 336 valence electrons. The highest BCUT2D eigenvalue weighted by Gasteiger charge is 2.49. The molecule has 0 aliphatic carbocycles. The minimum atomic E-state index is -4.39. The first-order chi connectivity index (χ1) is 31.4. The smallest absolute Gasteiger partial charge is 0.413 e. The van der Waals surface area contributed by atoms with Crippen LogP contribution in [0, 0.1) is 0 Å². The summed E-state index contributed by atoms with van der Waals surface area (Å²) < 4.78 is 56.5. The Bertz CT molecular complexity index is 2500. The molecule has 0 N–H and O–H groups in total. The lowest BCUT2D eigenvalue weighted by Crippen LogP contribution is -2.11. The Kier molecular flexibility index (Phi) is 13.9. The molecule has 0 amide bonds. The number of ketones is 5. The summed E-state index contributed by atoms with van der Waals surface area (Å²) in [5, 5.41) is 0. The van der Waals surface area contributed by atoms with Gasteiger partial charge in [0, 0.05) is 27.8 Å². The van der Waals surface area contributed by atoms with Crippen LogP contribution in [0.5, 0.6) is 34.5 Å². The molecule has 0 spiro atoms. The number of nitrogens with zero attached hydrogens (tertiary/aromatic N) is 3. The van der Waals surface area contributed by atoms with Gasteiger partial charge in [0.15, 0.2) is 28.9 Å². The standard InChI is InChI=1S/C49H44N3O11P3/c1-32(2)38-8-20-44(21-9-38)58-64(59-45-22-10-39(11-23-45)33(3)53)50-65(60-46-24-12-40(13-25-46)34(4)54,61-47-26-14-41(15-27-47)35(5)55)52-66(51-64,62-48-28-16-42(17-29-48)36(6)56)63-49-30-18-43(19-31-49)37(7)57/h8-31H,1H2,2-7H3. The van der Waals surface area contributed by atoms with Crippen LogP contribution in [0.2, 0.25) is 0 Å². The van der Waals surface area contributed by atoms with Crippen LogP contribution in [0.4, 0.5) is 0 Å². The number of benzene rings is 6. The summed E-state index contributed by atoms with van der Waals surface area (Å²) in [6.45, 7) is 13.1. The van der Waals surface area contributed by atoms with Crippen LogP contribution in [0.3, 0.4) is 0 Å². The molecule has 7 rings (SSSR count). The van der Waals surface area contributed by atoms with Crippen LogP contribution in [-0.2, 0) is 0 Å². The summed E-state index contributed by atoms with van der Waals surface area (Å²) in [5.41, 5.74) is 3.65. The van der Waals surface area contributed by atoms with E-state index in [4.69, 9.17) is 40.7 Å². The number of allylic oxidation sites excluding steroid dienone is 1. The number of hydrogen-bond donors (Lipinski definition) is 0. The fourth-order valence-corrected chi connectivity index (χ4v) is 15.2. The minimum absolute atomic E-state index is 0.160. The minimum Gasteiger partial charge on any atom is -0.413 e. The Balaban J connectivity index is 1.58. The van der Waals surface area contributed by atoms with E-state index in [1.807, 2.05) is 6.92 Å². The van der Waals surface area contributed by atoms with Crippen molar-refractivity contribution >= 4 is 57.5 Å². The molecule has 17 heteroatoms.